The molecule has 1 unspecified atom stereocenters. The number of nitrogens with two attached hydrogens (primary N) is 2. The standard InChI is InChI=1S/C24H28N8O10S2/c1-24(2)19(21(34)32(24)42-44(37,38)39)30-20(33)18(15-11-43-23(26)29-15)31-41-16(22(35)36)10-40-13-4-5-14-12(9-13)3-6-17(28-14)27-8-7-25/h3-6,9,11,16,19H,7-8,10,25H2,1-2H3,(H2,26,29)(H,27,28)(H,30,33)(H,35,36)(H,37,38,39)/b31-18-/t16?,19-/m1/s1. The molecule has 44 heavy (non-hydrogen) atoms. The maximum absolute atomic E-state index is 13.2. The van der Waals surface area contributed by atoms with Gasteiger partial charge in [-0.2, -0.15) is 13.5 Å². The van der Waals surface area contributed by atoms with Crippen molar-refractivity contribution in [1.29, 1.82) is 0 Å². The van der Waals surface area contributed by atoms with Crippen LogP contribution < -0.4 is 26.8 Å². The zero-order chi connectivity index (χ0) is 32.2. The molecule has 18 nitrogen and oxygen atoms in total. The molecule has 2 atom stereocenters. The number of hydrogen-bond acceptors (Lipinski definition) is 15. The first kappa shape index (κ1) is 32.3. The van der Waals surface area contributed by atoms with Crippen LogP contribution in [-0.2, 0) is 33.9 Å². The molecular weight excluding hydrogens is 624 g/mol. The number of nitrogens with one attached hydrogen (secondary N) is 2. The summed E-state index contributed by atoms with van der Waals surface area (Å²) in [6.45, 7) is 3.20. The third-order valence-electron chi connectivity index (χ3n) is 6.16. The van der Waals surface area contributed by atoms with E-state index in [-0.39, 0.29) is 10.8 Å². The number of aromatic nitrogens is 2. The molecule has 0 radical (unpaired) electrons. The lowest BCUT2D eigenvalue weighted by Gasteiger charge is -2.50. The van der Waals surface area contributed by atoms with Crippen molar-refractivity contribution >= 4 is 67.1 Å². The van der Waals surface area contributed by atoms with Crippen molar-refractivity contribution in [3.63, 3.8) is 0 Å². The Kier molecular flexibility index (Phi) is 9.49. The number of carboxylic acids is 1. The molecule has 8 N–H and O–H groups in total. The van der Waals surface area contributed by atoms with Gasteiger partial charge in [-0.3, -0.25) is 14.1 Å². The molecule has 0 aliphatic carbocycles. The number of carboxylic acid groups (broad SMARTS) is 1. The van der Waals surface area contributed by atoms with Gasteiger partial charge < -0.3 is 36.8 Å². The summed E-state index contributed by atoms with van der Waals surface area (Å²) in [5.41, 5.74) is 9.79. The molecule has 0 saturated carbocycles. The highest BCUT2D eigenvalue weighted by Gasteiger charge is 2.58. The van der Waals surface area contributed by atoms with Crippen molar-refractivity contribution in [3.8, 4) is 5.75 Å². The Bertz CT molecular complexity index is 1710. The number of fused-ring (bicyclic) bond motifs is 1. The average Bonchev–Trinajstić information content (AvgIpc) is 3.39. The number of ether oxygens (including phenoxy) is 1. The summed E-state index contributed by atoms with van der Waals surface area (Å²) in [5.74, 6) is -2.53. The highest BCUT2D eigenvalue weighted by Crippen LogP contribution is 2.33. The van der Waals surface area contributed by atoms with Crippen LogP contribution >= 0.6 is 11.3 Å². The first-order valence-electron chi connectivity index (χ1n) is 12.7. The van der Waals surface area contributed by atoms with E-state index in [1.165, 1.54) is 19.2 Å². The Balaban J connectivity index is 1.48. The third-order valence-corrected chi connectivity index (χ3v) is 7.17. The maximum atomic E-state index is 13.2. The van der Waals surface area contributed by atoms with Crippen LogP contribution in [0.1, 0.15) is 19.5 Å². The second-order valence-electron chi connectivity index (χ2n) is 9.72. The predicted octanol–water partition coefficient (Wildman–Crippen LogP) is -0.263. The quantitative estimate of drug-likeness (QED) is 0.0566. The summed E-state index contributed by atoms with van der Waals surface area (Å²) in [5, 5.41) is 21.3. The first-order valence-corrected chi connectivity index (χ1v) is 14.9. The van der Waals surface area contributed by atoms with Gasteiger partial charge in [0, 0.05) is 23.9 Å². The van der Waals surface area contributed by atoms with Crippen molar-refractivity contribution < 1.29 is 46.3 Å². The SMILES string of the molecule is CC1(C)[C@H](NC(=O)/C(=N\OC(COc2ccc3nc(NCCN)ccc3c2)C(=O)O)c2csc(N)n2)C(=O)N1OS(=O)(=O)O. The molecule has 2 aromatic heterocycles. The number of thiazole rings is 1. The Morgan fingerprint density at radius 3 is 2.61 bits per heavy atom. The molecule has 1 fully saturated rings. The Hall–Kier alpha value is -4.63. The average molecular weight is 653 g/mol. The van der Waals surface area contributed by atoms with Crippen LogP contribution in [0.15, 0.2) is 40.9 Å². The second-order valence-corrected chi connectivity index (χ2v) is 11.6. The van der Waals surface area contributed by atoms with E-state index in [1.807, 2.05) is 0 Å². The molecule has 4 rings (SSSR count). The van der Waals surface area contributed by atoms with E-state index in [4.69, 9.17) is 25.6 Å². The van der Waals surface area contributed by atoms with E-state index >= 15 is 0 Å². The Morgan fingerprint density at radius 1 is 1.25 bits per heavy atom. The number of aliphatic carboxylic acids is 1. The zero-order valence-corrected chi connectivity index (χ0v) is 24.8. The second kappa shape index (κ2) is 12.9. The summed E-state index contributed by atoms with van der Waals surface area (Å²) < 4.78 is 40.9. The fraction of sp³-hybridized carbons (Fsp3) is 0.333. The van der Waals surface area contributed by atoms with E-state index in [1.54, 1.807) is 30.3 Å². The van der Waals surface area contributed by atoms with Crippen molar-refractivity contribution in [3.05, 3.63) is 41.4 Å². The lowest BCUT2D eigenvalue weighted by atomic mass is 9.84. The third kappa shape index (κ3) is 7.47. The van der Waals surface area contributed by atoms with Gasteiger partial charge in [-0.25, -0.2) is 14.8 Å². The highest BCUT2D eigenvalue weighted by molar-refractivity contribution is 7.80. The van der Waals surface area contributed by atoms with E-state index < -0.39 is 58.2 Å². The number of hydrogen-bond donors (Lipinski definition) is 6. The van der Waals surface area contributed by atoms with Gasteiger partial charge in [-0.15, -0.1) is 15.6 Å². The van der Waals surface area contributed by atoms with Crippen molar-refractivity contribution in [2.75, 3.05) is 30.7 Å². The number of nitrogen functional groups attached to an aromatic ring is 1. The molecule has 1 aliphatic heterocycles. The number of pyridine rings is 1. The first-order chi connectivity index (χ1) is 20.7. The molecule has 1 aromatic carbocycles. The monoisotopic (exact) mass is 652 g/mol. The van der Waals surface area contributed by atoms with Gasteiger partial charge in [-0.1, -0.05) is 5.16 Å². The molecule has 1 aliphatic rings. The van der Waals surface area contributed by atoms with E-state index in [2.05, 4.69) is 30.0 Å². The normalized spacial score (nSPS) is 17.1. The largest absolute Gasteiger partial charge is 0.489 e. The van der Waals surface area contributed by atoms with Crippen molar-refractivity contribution in [1.82, 2.24) is 20.3 Å². The number of hydroxylamine groups is 2. The minimum atomic E-state index is -5.02. The Labute approximate surface area is 253 Å². The minimum Gasteiger partial charge on any atom is -0.489 e. The summed E-state index contributed by atoms with van der Waals surface area (Å²) in [4.78, 5) is 51.2. The smallest absolute Gasteiger partial charge is 0.418 e. The van der Waals surface area contributed by atoms with Crippen LogP contribution in [0.25, 0.3) is 10.9 Å². The van der Waals surface area contributed by atoms with Crippen LogP contribution in [0.5, 0.6) is 5.75 Å². The van der Waals surface area contributed by atoms with Crippen LogP contribution in [0, 0.1) is 0 Å². The highest BCUT2D eigenvalue weighted by atomic mass is 32.3. The van der Waals surface area contributed by atoms with Gasteiger partial charge in [0.1, 0.15) is 29.9 Å². The maximum Gasteiger partial charge on any atom is 0.418 e. The summed E-state index contributed by atoms with van der Waals surface area (Å²) in [6.07, 6.45) is -1.69. The number of carbonyl (C=O) groups is 3. The lowest BCUT2D eigenvalue weighted by Crippen LogP contribution is -2.76. The van der Waals surface area contributed by atoms with Gasteiger partial charge in [-0.05, 0) is 44.2 Å². The molecule has 1 saturated heterocycles. The molecule has 236 valence electrons. The zero-order valence-electron chi connectivity index (χ0n) is 23.2. The van der Waals surface area contributed by atoms with Crippen LogP contribution in [0.4, 0.5) is 10.9 Å². The van der Waals surface area contributed by atoms with Gasteiger partial charge in [0.15, 0.2) is 10.8 Å². The topological polar surface area (TPSA) is 271 Å². The molecule has 2 amide bonds. The number of nitrogens with zero attached hydrogens (tertiary/aromatic N) is 4. The van der Waals surface area contributed by atoms with Gasteiger partial charge in [0.25, 0.3) is 17.9 Å². The van der Waals surface area contributed by atoms with Crippen molar-refractivity contribution in [2.45, 2.75) is 31.5 Å². The van der Waals surface area contributed by atoms with Gasteiger partial charge >= 0.3 is 16.4 Å². The van der Waals surface area contributed by atoms with Gasteiger partial charge in [0.2, 0.25) is 0 Å². The molecule has 3 heterocycles. The number of anilines is 2. The van der Waals surface area contributed by atoms with Gasteiger partial charge in [0.05, 0.1) is 11.1 Å². The van der Waals surface area contributed by atoms with E-state index in [9.17, 15) is 27.9 Å². The number of amides is 2. The molecular formula is C24H28N8O10S2. The lowest BCUT2D eigenvalue weighted by molar-refractivity contribution is -0.218. The fourth-order valence-corrected chi connectivity index (χ4v) is 4.95. The number of rotatable bonds is 14. The summed E-state index contributed by atoms with van der Waals surface area (Å²) in [7, 11) is -5.02. The molecule has 0 spiro atoms. The molecule has 3 aromatic rings. The number of carbonyl (C=O) groups excluding carboxylic acids is 2. The van der Waals surface area contributed by atoms with Crippen LogP contribution in [0.3, 0.4) is 0 Å². The Morgan fingerprint density at radius 2 is 2.00 bits per heavy atom. The molecule has 20 heteroatoms. The van der Waals surface area contributed by atoms with E-state index in [0.717, 1.165) is 16.7 Å². The predicted molar refractivity (Wildman–Crippen MR) is 156 cm³/mol. The minimum absolute atomic E-state index is 0.0551. The number of benzene rings is 1. The van der Waals surface area contributed by atoms with Crippen LogP contribution in [0.2, 0.25) is 0 Å². The summed E-state index contributed by atoms with van der Waals surface area (Å²) in [6, 6.07) is 7.17. The van der Waals surface area contributed by atoms with Crippen molar-refractivity contribution in [2.24, 2.45) is 10.9 Å². The number of oxime groups is 1. The number of β-lactam (4-membered cyclic amide) rings is 1. The van der Waals surface area contributed by atoms with Crippen LogP contribution in [-0.4, -0.2) is 94.0 Å². The molecule has 0 bridgehead atoms. The van der Waals surface area contributed by atoms with E-state index in [0.29, 0.717) is 35.2 Å². The fourth-order valence-electron chi connectivity index (χ4n) is 3.95. The summed E-state index contributed by atoms with van der Waals surface area (Å²) >= 11 is 0.954.